The van der Waals surface area contributed by atoms with Gasteiger partial charge in [0, 0.05) is 12.6 Å². The number of ether oxygens (including phenoxy) is 1. The summed E-state index contributed by atoms with van der Waals surface area (Å²) in [6.07, 6.45) is 1.57. The van der Waals surface area contributed by atoms with Crippen molar-refractivity contribution >= 4 is 11.8 Å². The van der Waals surface area contributed by atoms with E-state index in [0.717, 1.165) is 0 Å². The van der Waals surface area contributed by atoms with Gasteiger partial charge in [-0.15, -0.1) is 0 Å². The number of carbonyl (C=O) groups is 2. The van der Waals surface area contributed by atoms with Crippen molar-refractivity contribution < 1.29 is 18.7 Å². The average Bonchev–Trinajstić information content (AvgIpc) is 3.05. The number of hydrogen-bond acceptors (Lipinski definition) is 4. The number of nitrogens with zero attached hydrogens (tertiary/aromatic N) is 1. The van der Waals surface area contributed by atoms with Gasteiger partial charge in [0.1, 0.15) is 11.5 Å². The molecule has 6 heteroatoms. The van der Waals surface area contributed by atoms with Gasteiger partial charge in [-0.3, -0.25) is 9.59 Å². The Hall–Kier alpha value is -2.76. The fraction of sp³-hybridized carbons (Fsp3) is 0.250. The first-order valence-electron chi connectivity index (χ1n) is 6.80. The summed E-state index contributed by atoms with van der Waals surface area (Å²) in [7, 11) is 1.70. The van der Waals surface area contributed by atoms with Crippen LogP contribution in [0.3, 0.4) is 0 Å². The van der Waals surface area contributed by atoms with Crippen LogP contribution in [-0.2, 0) is 4.79 Å². The van der Waals surface area contributed by atoms with Crippen LogP contribution in [0.4, 0.5) is 0 Å². The number of primary amides is 1. The Morgan fingerprint density at radius 1 is 1.32 bits per heavy atom. The molecule has 0 bridgehead atoms. The third-order valence-corrected chi connectivity index (χ3v) is 3.32. The van der Waals surface area contributed by atoms with E-state index >= 15 is 0 Å². The van der Waals surface area contributed by atoms with Crippen molar-refractivity contribution in [3.05, 3.63) is 54.0 Å². The van der Waals surface area contributed by atoms with Crippen molar-refractivity contribution in [2.75, 3.05) is 13.7 Å². The van der Waals surface area contributed by atoms with E-state index in [1.54, 1.807) is 48.5 Å². The number of benzene rings is 1. The normalized spacial score (nSPS) is 11.7. The second kappa shape index (κ2) is 6.80. The van der Waals surface area contributed by atoms with E-state index < -0.39 is 5.91 Å². The number of nitrogens with two attached hydrogens (primary N) is 1. The van der Waals surface area contributed by atoms with Crippen LogP contribution in [0.15, 0.2) is 47.1 Å². The second-order valence-corrected chi connectivity index (χ2v) is 4.89. The maximum Gasteiger partial charge on any atom is 0.255 e. The van der Waals surface area contributed by atoms with E-state index in [1.165, 1.54) is 0 Å². The number of furan rings is 1. The molecule has 2 amide bonds. The number of hydrogen-bond donors (Lipinski definition) is 1. The molecule has 0 saturated carbocycles. The third kappa shape index (κ3) is 3.66. The number of rotatable bonds is 6. The fourth-order valence-electron chi connectivity index (χ4n) is 1.97. The van der Waals surface area contributed by atoms with E-state index in [1.807, 2.05) is 13.0 Å². The lowest BCUT2D eigenvalue weighted by Crippen LogP contribution is -2.29. The van der Waals surface area contributed by atoms with Gasteiger partial charge in [0.05, 0.1) is 12.3 Å². The molecule has 0 aliphatic rings. The highest BCUT2D eigenvalue weighted by Gasteiger charge is 2.21. The van der Waals surface area contributed by atoms with Crippen LogP contribution in [-0.4, -0.2) is 30.4 Å². The summed E-state index contributed by atoms with van der Waals surface area (Å²) in [5, 5.41) is 0. The summed E-state index contributed by atoms with van der Waals surface area (Å²) < 4.78 is 10.5. The largest absolute Gasteiger partial charge is 0.484 e. The second-order valence-electron chi connectivity index (χ2n) is 4.89. The molecular weight excluding hydrogens is 284 g/mol. The molecule has 1 aromatic carbocycles. The summed E-state index contributed by atoms with van der Waals surface area (Å²) in [4.78, 5) is 24.8. The summed E-state index contributed by atoms with van der Waals surface area (Å²) in [5.74, 6) is 0.384. The highest BCUT2D eigenvalue weighted by Crippen LogP contribution is 2.22. The van der Waals surface area contributed by atoms with Gasteiger partial charge in [-0.2, -0.15) is 0 Å². The quantitative estimate of drug-likeness (QED) is 0.884. The minimum absolute atomic E-state index is 0.173. The summed E-state index contributed by atoms with van der Waals surface area (Å²) in [6.45, 7) is 1.65. The molecule has 0 aliphatic heterocycles. The van der Waals surface area contributed by atoms with Crippen molar-refractivity contribution in [2.45, 2.75) is 13.0 Å². The predicted molar refractivity (Wildman–Crippen MR) is 80.3 cm³/mol. The van der Waals surface area contributed by atoms with Gasteiger partial charge in [-0.1, -0.05) is 6.07 Å². The Bertz CT molecular complexity index is 652. The zero-order chi connectivity index (χ0) is 16.1. The van der Waals surface area contributed by atoms with Gasteiger partial charge in [0.2, 0.25) is 0 Å². The van der Waals surface area contributed by atoms with Crippen LogP contribution in [0.1, 0.15) is 29.1 Å². The van der Waals surface area contributed by atoms with Gasteiger partial charge < -0.3 is 19.8 Å². The highest BCUT2D eigenvalue weighted by molar-refractivity contribution is 5.94. The standard InChI is InChI=1S/C16H18N2O4/c1-11(14-7-4-8-21-14)18(2)16(20)12-5-3-6-13(9-12)22-10-15(17)19/h3-9,11H,10H2,1-2H3,(H2,17,19). The first-order chi connectivity index (χ1) is 10.5. The molecule has 1 unspecified atom stereocenters. The van der Waals surface area contributed by atoms with E-state index in [9.17, 15) is 9.59 Å². The number of carbonyl (C=O) groups excluding carboxylic acids is 2. The molecule has 2 rings (SSSR count). The fourth-order valence-corrected chi connectivity index (χ4v) is 1.97. The summed E-state index contributed by atoms with van der Waals surface area (Å²) >= 11 is 0. The molecule has 116 valence electrons. The van der Waals surface area contributed by atoms with E-state index in [-0.39, 0.29) is 18.6 Å². The molecule has 0 saturated heterocycles. The molecule has 0 fully saturated rings. The Kier molecular flexibility index (Phi) is 4.83. The van der Waals surface area contributed by atoms with Crippen LogP contribution in [0.25, 0.3) is 0 Å². The van der Waals surface area contributed by atoms with E-state index in [2.05, 4.69) is 0 Å². The van der Waals surface area contributed by atoms with Gasteiger partial charge in [0.25, 0.3) is 11.8 Å². The lowest BCUT2D eigenvalue weighted by Gasteiger charge is -2.23. The first kappa shape index (κ1) is 15.6. The highest BCUT2D eigenvalue weighted by atomic mass is 16.5. The molecule has 22 heavy (non-hydrogen) atoms. The van der Waals surface area contributed by atoms with Crippen LogP contribution >= 0.6 is 0 Å². The van der Waals surface area contributed by atoms with Crippen molar-refractivity contribution in [2.24, 2.45) is 5.73 Å². The Labute approximate surface area is 128 Å². The monoisotopic (exact) mass is 302 g/mol. The molecule has 0 spiro atoms. The maximum absolute atomic E-state index is 12.5. The lowest BCUT2D eigenvalue weighted by molar-refractivity contribution is -0.119. The lowest BCUT2D eigenvalue weighted by atomic mass is 10.1. The summed E-state index contributed by atoms with van der Waals surface area (Å²) in [5.41, 5.74) is 5.49. The predicted octanol–water partition coefficient (Wildman–Crippen LogP) is 1.98. The van der Waals surface area contributed by atoms with Gasteiger partial charge in [-0.05, 0) is 37.3 Å². The Morgan fingerprint density at radius 3 is 2.73 bits per heavy atom. The van der Waals surface area contributed by atoms with Gasteiger partial charge in [-0.25, -0.2) is 0 Å². The molecule has 2 aromatic rings. The van der Waals surface area contributed by atoms with Crippen molar-refractivity contribution in [3.8, 4) is 5.75 Å². The van der Waals surface area contributed by atoms with Crippen molar-refractivity contribution in [3.63, 3.8) is 0 Å². The van der Waals surface area contributed by atoms with Crippen molar-refractivity contribution in [1.82, 2.24) is 4.90 Å². The Morgan fingerprint density at radius 2 is 2.09 bits per heavy atom. The average molecular weight is 302 g/mol. The third-order valence-electron chi connectivity index (χ3n) is 3.32. The topological polar surface area (TPSA) is 85.8 Å². The molecule has 1 atom stereocenters. The van der Waals surface area contributed by atoms with Gasteiger partial charge >= 0.3 is 0 Å². The van der Waals surface area contributed by atoms with Crippen LogP contribution in [0, 0.1) is 0 Å². The SMILES string of the molecule is CC(c1ccco1)N(C)C(=O)c1cccc(OCC(N)=O)c1. The zero-order valence-electron chi connectivity index (χ0n) is 12.5. The first-order valence-corrected chi connectivity index (χ1v) is 6.80. The van der Waals surface area contributed by atoms with Gasteiger partial charge in [0.15, 0.2) is 6.61 Å². The molecule has 1 aromatic heterocycles. The number of amides is 2. The molecule has 2 N–H and O–H groups in total. The molecule has 6 nitrogen and oxygen atoms in total. The molecular formula is C16H18N2O4. The van der Waals surface area contributed by atoms with Crippen LogP contribution in [0.5, 0.6) is 5.75 Å². The smallest absolute Gasteiger partial charge is 0.255 e. The maximum atomic E-state index is 12.5. The molecule has 1 heterocycles. The Balaban J connectivity index is 2.11. The minimum Gasteiger partial charge on any atom is -0.484 e. The van der Waals surface area contributed by atoms with E-state index in [0.29, 0.717) is 17.1 Å². The minimum atomic E-state index is -0.569. The zero-order valence-corrected chi connectivity index (χ0v) is 12.5. The van der Waals surface area contributed by atoms with Crippen LogP contribution < -0.4 is 10.5 Å². The van der Waals surface area contributed by atoms with Crippen molar-refractivity contribution in [1.29, 1.82) is 0 Å². The van der Waals surface area contributed by atoms with E-state index in [4.69, 9.17) is 14.9 Å². The molecule has 0 aliphatic carbocycles. The molecule has 0 radical (unpaired) electrons. The summed E-state index contributed by atoms with van der Waals surface area (Å²) in [6, 6.07) is 10.0. The van der Waals surface area contributed by atoms with Crippen LogP contribution in [0.2, 0.25) is 0 Å².